The number of carbonyl (C=O) groups is 1. The first-order chi connectivity index (χ1) is 8.54. The van der Waals surface area contributed by atoms with Gasteiger partial charge in [-0.1, -0.05) is 37.1 Å². The van der Waals surface area contributed by atoms with Gasteiger partial charge in [-0.05, 0) is 37.3 Å². The molecule has 0 saturated heterocycles. The Hall–Kier alpha value is -1.35. The summed E-state index contributed by atoms with van der Waals surface area (Å²) in [4.78, 5) is 11.5. The minimum atomic E-state index is -0.705. The van der Waals surface area contributed by atoms with Crippen LogP contribution < -0.4 is 0 Å². The molecule has 0 aromatic heterocycles. The third-order valence-electron chi connectivity index (χ3n) is 3.90. The second-order valence-corrected chi connectivity index (χ2v) is 5.34. The minimum absolute atomic E-state index is 0.365. The Balaban J connectivity index is 2.25. The molecule has 0 spiro atoms. The molecule has 98 valence electrons. The third-order valence-corrected chi connectivity index (χ3v) is 3.90. The van der Waals surface area contributed by atoms with E-state index in [1.165, 1.54) is 0 Å². The van der Waals surface area contributed by atoms with Gasteiger partial charge in [-0.15, -0.1) is 0 Å². The maximum absolute atomic E-state index is 11.5. The zero-order chi connectivity index (χ0) is 13.2. The Morgan fingerprint density at radius 1 is 1.28 bits per heavy atom. The molecule has 0 amide bonds. The highest BCUT2D eigenvalue weighted by atomic mass is 16.4. The van der Waals surface area contributed by atoms with Crippen molar-refractivity contribution in [2.45, 2.75) is 50.5 Å². The van der Waals surface area contributed by atoms with Gasteiger partial charge in [0.05, 0.1) is 11.5 Å². The number of hydrogen-bond donors (Lipinski definition) is 2. The summed E-state index contributed by atoms with van der Waals surface area (Å²) in [7, 11) is 0. The largest absolute Gasteiger partial charge is 0.481 e. The second kappa shape index (κ2) is 5.11. The summed E-state index contributed by atoms with van der Waals surface area (Å²) in [6, 6.07) is 7.70. The normalized spacial score (nSPS) is 19.7. The van der Waals surface area contributed by atoms with Crippen molar-refractivity contribution in [3.05, 3.63) is 35.4 Å². The van der Waals surface area contributed by atoms with E-state index < -0.39 is 11.4 Å². The van der Waals surface area contributed by atoms with Crippen LogP contribution in [0.2, 0.25) is 0 Å². The monoisotopic (exact) mass is 248 g/mol. The van der Waals surface area contributed by atoms with Crippen LogP contribution in [0.5, 0.6) is 0 Å². The van der Waals surface area contributed by atoms with Gasteiger partial charge in [0.25, 0.3) is 0 Å². The maximum Gasteiger partial charge on any atom is 0.314 e. The average molecular weight is 248 g/mol. The fourth-order valence-corrected chi connectivity index (χ4v) is 2.91. The van der Waals surface area contributed by atoms with Crippen LogP contribution in [-0.4, -0.2) is 22.3 Å². The van der Waals surface area contributed by atoms with E-state index in [1.807, 2.05) is 24.3 Å². The third kappa shape index (κ3) is 2.41. The van der Waals surface area contributed by atoms with Crippen molar-refractivity contribution in [2.24, 2.45) is 0 Å². The molecule has 0 aliphatic heterocycles. The Morgan fingerprint density at radius 2 is 1.83 bits per heavy atom. The molecule has 2 rings (SSSR count). The van der Waals surface area contributed by atoms with Gasteiger partial charge in [0.2, 0.25) is 0 Å². The topological polar surface area (TPSA) is 57.5 Å². The number of carboxylic acids is 1. The van der Waals surface area contributed by atoms with Gasteiger partial charge in [-0.25, -0.2) is 0 Å². The number of carboxylic acid groups (broad SMARTS) is 1. The van der Waals surface area contributed by atoms with Crippen LogP contribution in [0.25, 0.3) is 0 Å². The Bertz CT molecular complexity index is 414. The second-order valence-electron chi connectivity index (χ2n) is 5.34. The SMILES string of the molecule is CC(O)Cc1ccc(C2(C(=O)O)CCCC2)cc1. The molecule has 0 bridgehead atoms. The summed E-state index contributed by atoms with van der Waals surface area (Å²) >= 11 is 0. The van der Waals surface area contributed by atoms with Crippen molar-refractivity contribution in [3.63, 3.8) is 0 Å². The van der Waals surface area contributed by atoms with Gasteiger partial charge in [0, 0.05) is 0 Å². The van der Waals surface area contributed by atoms with Crippen LogP contribution in [0.3, 0.4) is 0 Å². The molecule has 1 atom stereocenters. The van der Waals surface area contributed by atoms with Crippen molar-refractivity contribution < 1.29 is 15.0 Å². The lowest BCUT2D eigenvalue weighted by Gasteiger charge is -2.24. The number of rotatable bonds is 4. The van der Waals surface area contributed by atoms with Gasteiger partial charge in [0.1, 0.15) is 0 Å². The molecule has 0 heterocycles. The van der Waals surface area contributed by atoms with Crippen molar-refractivity contribution in [3.8, 4) is 0 Å². The molecule has 2 N–H and O–H groups in total. The highest BCUT2D eigenvalue weighted by molar-refractivity contribution is 5.81. The standard InChI is InChI=1S/C15H20O3/c1-11(16)10-12-4-6-13(7-5-12)15(14(17)18)8-2-3-9-15/h4-7,11,16H,2-3,8-10H2,1H3,(H,17,18). The molecule has 1 aliphatic carbocycles. The lowest BCUT2D eigenvalue weighted by atomic mass is 9.78. The number of hydrogen-bond acceptors (Lipinski definition) is 2. The first-order valence-corrected chi connectivity index (χ1v) is 6.55. The van der Waals surface area contributed by atoms with Crippen molar-refractivity contribution in [1.82, 2.24) is 0 Å². The lowest BCUT2D eigenvalue weighted by Crippen LogP contribution is -2.32. The van der Waals surface area contributed by atoms with E-state index in [0.717, 1.165) is 36.8 Å². The zero-order valence-electron chi connectivity index (χ0n) is 10.7. The number of benzene rings is 1. The van der Waals surface area contributed by atoms with Gasteiger partial charge in [-0.3, -0.25) is 4.79 Å². The summed E-state index contributed by atoms with van der Waals surface area (Å²) in [6.45, 7) is 1.75. The van der Waals surface area contributed by atoms with E-state index in [-0.39, 0.29) is 6.10 Å². The Morgan fingerprint density at radius 3 is 2.28 bits per heavy atom. The molecule has 1 unspecified atom stereocenters. The summed E-state index contributed by atoms with van der Waals surface area (Å²) in [5.74, 6) is -0.705. The van der Waals surface area contributed by atoms with Gasteiger partial charge < -0.3 is 10.2 Å². The fraction of sp³-hybridized carbons (Fsp3) is 0.533. The van der Waals surface area contributed by atoms with Crippen LogP contribution in [0.1, 0.15) is 43.7 Å². The summed E-state index contributed by atoms with van der Waals surface area (Å²) in [6.07, 6.45) is 3.69. The van der Waals surface area contributed by atoms with Crippen LogP contribution >= 0.6 is 0 Å². The van der Waals surface area contributed by atoms with E-state index >= 15 is 0 Å². The highest BCUT2D eigenvalue weighted by Gasteiger charge is 2.42. The Labute approximate surface area is 107 Å². The quantitative estimate of drug-likeness (QED) is 0.860. The van der Waals surface area contributed by atoms with Crippen molar-refractivity contribution in [2.75, 3.05) is 0 Å². The van der Waals surface area contributed by atoms with Crippen LogP contribution in [0.4, 0.5) is 0 Å². The zero-order valence-corrected chi connectivity index (χ0v) is 10.7. The molecule has 3 heteroatoms. The molecule has 1 aliphatic rings. The predicted octanol–water partition coefficient (Wildman–Crippen LogP) is 2.51. The number of aliphatic carboxylic acids is 1. The molecule has 1 saturated carbocycles. The van der Waals surface area contributed by atoms with E-state index in [4.69, 9.17) is 0 Å². The molecule has 3 nitrogen and oxygen atoms in total. The van der Waals surface area contributed by atoms with E-state index in [1.54, 1.807) is 6.92 Å². The summed E-state index contributed by atoms with van der Waals surface area (Å²) in [5.41, 5.74) is 1.28. The first kappa shape index (κ1) is 13.1. The first-order valence-electron chi connectivity index (χ1n) is 6.55. The minimum Gasteiger partial charge on any atom is -0.481 e. The number of aliphatic hydroxyl groups is 1. The molecular weight excluding hydrogens is 228 g/mol. The summed E-state index contributed by atoms with van der Waals surface area (Å²) in [5, 5.41) is 18.8. The molecule has 1 fully saturated rings. The van der Waals surface area contributed by atoms with Crippen molar-refractivity contribution >= 4 is 5.97 Å². The van der Waals surface area contributed by atoms with Crippen LogP contribution in [0, 0.1) is 0 Å². The van der Waals surface area contributed by atoms with Crippen molar-refractivity contribution in [1.29, 1.82) is 0 Å². The van der Waals surface area contributed by atoms with E-state index in [9.17, 15) is 15.0 Å². The lowest BCUT2D eigenvalue weighted by molar-refractivity contribution is -0.143. The molecule has 18 heavy (non-hydrogen) atoms. The van der Waals surface area contributed by atoms with Crippen LogP contribution in [-0.2, 0) is 16.6 Å². The van der Waals surface area contributed by atoms with Crippen LogP contribution in [0.15, 0.2) is 24.3 Å². The van der Waals surface area contributed by atoms with E-state index in [2.05, 4.69) is 0 Å². The van der Waals surface area contributed by atoms with Gasteiger partial charge in [-0.2, -0.15) is 0 Å². The maximum atomic E-state index is 11.5. The predicted molar refractivity (Wildman–Crippen MR) is 69.6 cm³/mol. The van der Waals surface area contributed by atoms with Gasteiger partial charge >= 0.3 is 5.97 Å². The molecule has 0 radical (unpaired) electrons. The number of aliphatic hydroxyl groups excluding tert-OH is 1. The van der Waals surface area contributed by atoms with Gasteiger partial charge in [0.15, 0.2) is 0 Å². The molecule has 1 aromatic rings. The average Bonchev–Trinajstić information content (AvgIpc) is 2.79. The molecular formula is C15H20O3. The smallest absolute Gasteiger partial charge is 0.314 e. The van der Waals surface area contributed by atoms with E-state index in [0.29, 0.717) is 6.42 Å². The Kier molecular flexibility index (Phi) is 3.71. The summed E-state index contributed by atoms with van der Waals surface area (Å²) < 4.78 is 0. The molecule has 1 aromatic carbocycles. The fourth-order valence-electron chi connectivity index (χ4n) is 2.91. The highest BCUT2D eigenvalue weighted by Crippen LogP contribution is 2.41.